The highest BCUT2D eigenvalue weighted by atomic mass is 32.1. The highest BCUT2D eigenvalue weighted by Crippen LogP contribution is 2.12. The number of carbonyl (C=O) groups is 1. The fourth-order valence-corrected chi connectivity index (χ4v) is 2.60. The van der Waals surface area contributed by atoms with Gasteiger partial charge in [0, 0.05) is 29.7 Å². The Morgan fingerprint density at radius 3 is 2.83 bits per heavy atom. The Bertz CT molecular complexity index is 543. The monoisotopic (exact) mass is 263 g/mol. The number of rotatable bonds is 4. The zero-order chi connectivity index (χ0) is 13.1. The van der Waals surface area contributed by atoms with E-state index in [4.69, 9.17) is 0 Å². The molecule has 0 radical (unpaired) electrons. The van der Waals surface area contributed by atoms with Crippen LogP contribution in [-0.2, 0) is 24.8 Å². The van der Waals surface area contributed by atoms with Crippen molar-refractivity contribution in [2.45, 2.75) is 26.8 Å². The van der Waals surface area contributed by atoms with Crippen LogP contribution in [0.25, 0.3) is 0 Å². The molecule has 2 aromatic rings. The molecule has 2 rings (SSSR count). The SMILES string of the molecule is Cc1nn(C)c(C)c1CNC(=O)Cc1cccs1. The van der Waals surface area contributed by atoms with E-state index in [2.05, 4.69) is 10.4 Å². The topological polar surface area (TPSA) is 46.9 Å². The first kappa shape index (κ1) is 12.8. The van der Waals surface area contributed by atoms with Gasteiger partial charge in [0.15, 0.2) is 0 Å². The zero-order valence-corrected chi connectivity index (χ0v) is 11.7. The average molecular weight is 263 g/mol. The third kappa shape index (κ3) is 2.79. The third-order valence-corrected chi connectivity index (χ3v) is 3.91. The molecule has 0 bridgehead atoms. The summed E-state index contributed by atoms with van der Waals surface area (Å²) in [5.74, 6) is 0.0557. The van der Waals surface area contributed by atoms with Crippen LogP contribution in [0.1, 0.15) is 21.8 Å². The van der Waals surface area contributed by atoms with Gasteiger partial charge in [0.1, 0.15) is 0 Å². The molecule has 0 saturated carbocycles. The van der Waals surface area contributed by atoms with Crippen molar-refractivity contribution in [3.63, 3.8) is 0 Å². The lowest BCUT2D eigenvalue weighted by molar-refractivity contribution is -0.120. The Balaban J connectivity index is 1.93. The molecule has 0 aliphatic heterocycles. The Morgan fingerprint density at radius 1 is 1.50 bits per heavy atom. The van der Waals surface area contributed by atoms with Crippen LogP contribution in [0.3, 0.4) is 0 Å². The number of aryl methyl sites for hydroxylation is 2. The molecule has 0 aliphatic carbocycles. The molecule has 1 N–H and O–H groups in total. The minimum absolute atomic E-state index is 0.0557. The predicted octanol–water partition coefficient (Wildman–Crippen LogP) is 1.96. The molecule has 1 amide bonds. The number of hydrogen-bond acceptors (Lipinski definition) is 3. The van der Waals surface area contributed by atoms with Gasteiger partial charge in [-0.1, -0.05) is 6.07 Å². The van der Waals surface area contributed by atoms with Gasteiger partial charge in [0.25, 0.3) is 0 Å². The van der Waals surface area contributed by atoms with Gasteiger partial charge in [-0.3, -0.25) is 9.48 Å². The number of thiophene rings is 1. The summed E-state index contributed by atoms with van der Waals surface area (Å²) in [4.78, 5) is 12.9. The molecule has 0 aromatic carbocycles. The van der Waals surface area contributed by atoms with Crippen molar-refractivity contribution in [2.75, 3.05) is 0 Å². The zero-order valence-electron chi connectivity index (χ0n) is 10.9. The van der Waals surface area contributed by atoms with Crippen molar-refractivity contribution in [3.05, 3.63) is 39.3 Å². The van der Waals surface area contributed by atoms with Crippen molar-refractivity contribution in [1.82, 2.24) is 15.1 Å². The van der Waals surface area contributed by atoms with Gasteiger partial charge in [0.05, 0.1) is 12.1 Å². The fraction of sp³-hybridized carbons (Fsp3) is 0.385. The third-order valence-electron chi connectivity index (χ3n) is 3.04. The molecular weight excluding hydrogens is 246 g/mol. The van der Waals surface area contributed by atoms with Crippen LogP contribution in [0, 0.1) is 13.8 Å². The number of amides is 1. The van der Waals surface area contributed by atoms with E-state index in [0.29, 0.717) is 13.0 Å². The summed E-state index contributed by atoms with van der Waals surface area (Å²) >= 11 is 1.61. The quantitative estimate of drug-likeness (QED) is 0.916. The van der Waals surface area contributed by atoms with Gasteiger partial charge in [-0.15, -0.1) is 11.3 Å². The van der Waals surface area contributed by atoms with Crippen LogP contribution >= 0.6 is 11.3 Å². The van der Waals surface area contributed by atoms with Crippen LogP contribution in [0.4, 0.5) is 0 Å². The number of carbonyl (C=O) groups excluding carboxylic acids is 1. The van der Waals surface area contributed by atoms with Crippen molar-refractivity contribution in [3.8, 4) is 0 Å². The minimum Gasteiger partial charge on any atom is -0.352 e. The highest BCUT2D eigenvalue weighted by molar-refractivity contribution is 7.10. The molecule has 5 heteroatoms. The van der Waals surface area contributed by atoms with Crippen LogP contribution in [0.2, 0.25) is 0 Å². The van der Waals surface area contributed by atoms with Gasteiger partial charge < -0.3 is 5.32 Å². The van der Waals surface area contributed by atoms with E-state index < -0.39 is 0 Å². The molecule has 0 fully saturated rings. The predicted molar refractivity (Wildman–Crippen MR) is 72.6 cm³/mol. The summed E-state index contributed by atoms with van der Waals surface area (Å²) in [7, 11) is 1.92. The van der Waals surface area contributed by atoms with E-state index in [1.807, 2.05) is 43.1 Å². The summed E-state index contributed by atoms with van der Waals surface area (Å²) < 4.78 is 1.84. The second kappa shape index (κ2) is 5.35. The highest BCUT2D eigenvalue weighted by Gasteiger charge is 2.10. The largest absolute Gasteiger partial charge is 0.352 e. The molecule has 2 aromatic heterocycles. The lowest BCUT2D eigenvalue weighted by atomic mass is 10.2. The molecule has 96 valence electrons. The molecule has 2 heterocycles. The first-order valence-electron chi connectivity index (χ1n) is 5.86. The van der Waals surface area contributed by atoms with E-state index >= 15 is 0 Å². The van der Waals surface area contributed by atoms with E-state index in [0.717, 1.165) is 21.8 Å². The molecule has 0 atom stereocenters. The molecule has 0 unspecified atom stereocenters. The number of aromatic nitrogens is 2. The number of nitrogens with zero attached hydrogens (tertiary/aromatic N) is 2. The minimum atomic E-state index is 0.0557. The molecule has 0 spiro atoms. The Hall–Kier alpha value is -1.62. The lowest BCUT2D eigenvalue weighted by Gasteiger charge is -2.05. The number of hydrogen-bond donors (Lipinski definition) is 1. The fourth-order valence-electron chi connectivity index (χ4n) is 1.89. The van der Waals surface area contributed by atoms with Crippen molar-refractivity contribution in [1.29, 1.82) is 0 Å². The summed E-state index contributed by atoms with van der Waals surface area (Å²) in [5.41, 5.74) is 3.19. The molecule has 0 saturated heterocycles. The van der Waals surface area contributed by atoms with Gasteiger partial charge in [0.2, 0.25) is 5.91 Å². The normalized spacial score (nSPS) is 10.6. The molecule has 0 aliphatic rings. The first-order valence-corrected chi connectivity index (χ1v) is 6.74. The maximum Gasteiger partial charge on any atom is 0.225 e. The maximum atomic E-state index is 11.8. The summed E-state index contributed by atoms with van der Waals surface area (Å²) in [6, 6.07) is 3.94. The van der Waals surface area contributed by atoms with Crippen molar-refractivity contribution in [2.24, 2.45) is 7.05 Å². The van der Waals surface area contributed by atoms with E-state index in [-0.39, 0.29) is 5.91 Å². The van der Waals surface area contributed by atoms with Crippen molar-refractivity contribution < 1.29 is 4.79 Å². The van der Waals surface area contributed by atoms with Gasteiger partial charge in [-0.05, 0) is 25.3 Å². The average Bonchev–Trinajstić information content (AvgIpc) is 2.88. The summed E-state index contributed by atoms with van der Waals surface area (Å²) in [5, 5.41) is 9.26. The van der Waals surface area contributed by atoms with E-state index in [9.17, 15) is 4.79 Å². The van der Waals surface area contributed by atoms with E-state index in [1.54, 1.807) is 11.3 Å². The van der Waals surface area contributed by atoms with Crippen LogP contribution in [-0.4, -0.2) is 15.7 Å². The van der Waals surface area contributed by atoms with Crippen LogP contribution in [0.5, 0.6) is 0 Å². The maximum absolute atomic E-state index is 11.8. The van der Waals surface area contributed by atoms with E-state index in [1.165, 1.54) is 0 Å². The van der Waals surface area contributed by atoms with Gasteiger partial charge >= 0.3 is 0 Å². The molecular formula is C13H17N3OS. The Labute approximate surface area is 111 Å². The summed E-state index contributed by atoms with van der Waals surface area (Å²) in [6.45, 7) is 4.53. The van der Waals surface area contributed by atoms with Gasteiger partial charge in [-0.2, -0.15) is 5.10 Å². The lowest BCUT2D eigenvalue weighted by Crippen LogP contribution is -2.24. The second-order valence-corrected chi connectivity index (χ2v) is 5.34. The smallest absolute Gasteiger partial charge is 0.225 e. The van der Waals surface area contributed by atoms with Crippen molar-refractivity contribution >= 4 is 17.2 Å². The van der Waals surface area contributed by atoms with Crippen LogP contribution in [0.15, 0.2) is 17.5 Å². The van der Waals surface area contributed by atoms with Crippen LogP contribution < -0.4 is 5.32 Å². The molecule has 18 heavy (non-hydrogen) atoms. The first-order chi connectivity index (χ1) is 8.58. The second-order valence-electron chi connectivity index (χ2n) is 4.31. The number of nitrogens with one attached hydrogen (secondary N) is 1. The summed E-state index contributed by atoms with van der Waals surface area (Å²) in [6.07, 6.45) is 0.454. The van der Waals surface area contributed by atoms with Gasteiger partial charge in [-0.25, -0.2) is 0 Å². The Kier molecular flexibility index (Phi) is 3.81. The Morgan fingerprint density at radius 2 is 2.28 bits per heavy atom. The molecule has 4 nitrogen and oxygen atoms in total. The standard InChI is InChI=1S/C13H17N3OS/c1-9-12(10(2)16(3)15-9)8-14-13(17)7-11-5-4-6-18-11/h4-6H,7-8H2,1-3H3,(H,14,17).